The van der Waals surface area contributed by atoms with E-state index in [1.165, 1.54) is 0 Å². The monoisotopic (exact) mass is 578 g/mol. The summed E-state index contributed by atoms with van der Waals surface area (Å²) in [5.74, 6) is -8.25. The molecule has 16 heteroatoms. The highest BCUT2D eigenvalue weighted by Gasteiger charge is 2.32. The molecule has 0 saturated heterocycles. The molecule has 0 aliphatic carbocycles. The van der Waals surface area contributed by atoms with E-state index >= 15 is 0 Å². The van der Waals surface area contributed by atoms with E-state index in [4.69, 9.17) is 39.4 Å². The second-order valence-corrected chi connectivity index (χ2v) is 8.41. The van der Waals surface area contributed by atoms with E-state index in [1.807, 2.05) is 0 Å². The van der Waals surface area contributed by atoms with Gasteiger partial charge in [-0.15, -0.1) is 0 Å². The Morgan fingerprint density at radius 2 is 0.650 bits per heavy atom. The van der Waals surface area contributed by atoms with E-state index in [2.05, 4.69) is 0 Å². The maximum Gasteiger partial charge on any atom is 0.306 e. The smallest absolute Gasteiger partial charge is 0.306 e. The first-order chi connectivity index (χ1) is 18.8. The van der Waals surface area contributed by atoms with Crippen molar-refractivity contribution in [3.63, 3.8) is 0 Å². The zero-order valence-electron chi connectivity index (χ0n) is 21.7. The van der Waals surface area contributed by atoms with Gasteiger partial charge >= 0.3 is 47.8 Å². The normalized spacial score (nSPS) is 11.9. The lowest BCUT2D eigenvalue weighted by atomic mass is 10.2. The number of ether oxygens (including phenoxy) is 4. The van der Waals surface area contributed by atoms with E-state index in [1.54, 1.807) is 0 Å². The molecule has 0 spiro atoms. The van der Waals surface area contributed by atoms with E-state index in [0.717, 1.165) is 0 Å². The predicted molar refractivity (Wildman–Crippen MR) is 128 cm³/mol. The van der Waals surface area contributed by atoms with Crippen LogP contribution < -0.4 is 0 Å². The zero-order valence-corrected chi connectivity index (χ0v) is 21.7. The summed E-state index contributed by atoms with van der Waals surface area (Å²) in [5.41, 5.74) is 0. The molecule has 0 rings (SSSR count). The van der Waals surface area contributed by atoms with Gasteiger partial charge in [-0.1, -0.05) is 0 Å². The summed E-state index contributed by atoms with van der Waals surface area (Å²) < 4.78 is 20.5. The minimum atomic E-state index is -1.55. The number of carbonyl (C=O) groups is 8. The van der Waals surface area contributed by atoms with Crippen molar-refractivity contribution >= 4 is 47.8 Å². The molecular formula is C24H34O16. The van der Waals surface area contributed by atoms with Gasteiger partial charge in [0.15, 0.2) is 12.2 Å². The van der Waals surface area contributed by atoms with E-state index < -0.39 is 73.2 Å². The summed E-state index contributed by atoms with van der Waals surface area (Å²) in [6.45, 7) is -1.42. The molecule has 0 bridgehead atoms. The van der Waals surface area contributed by atoms with E-state index in [9.17, 15) is 38.4 Å². The van der Waals surface area contributed by atoms with Gasteiger partial charge in [-0.05, 0) is 25.7 Å². The molecule has 0 heterocycles. The number of aliphatic carboxylic acids is 4. The first-order valence-corrected chi connectivity index (χ1v) is 12.4. The van der Waals surface area contributed by atoms with Crippen LogP contribution in [-0.2, 0) is 57.3 Å². The number of carbonyl (C=O) groups excluding carboxylic acids is 4. The second kappa shape index (κ2) is 20.7. The molecule has 2 atom stereocenters. The largest absolute Gasteiger partial charge is 0.481 e. The summed E-state index contributed by atoms with van der Waals surface area (Å²) in [5, 5.41) is 34.9. The summed E-state index contributed by atoms with van der Waals surface area (Å²) in [6.07, 6.45) is -6.08. The lowest BCUT2D eigenvalue weighted by molar-refractivity contribution is -0.183. The van der Waals surface area contributed by atoms with Crippen molar-refractivity contribution in [2.75, 3.05) is 13.2 Å². The van der Waals surface area contributed by atoms with Gasteiger partial charge in [0.1, 0.15) is 13.2 Å². The third kappa shape index (κ3) is 20.8. The topological polar surface area (TPSA) is 254 Å². The molecule has 4 N–H and O–H groups in total. The maximum absolute atomic E-state index is 12.3. The summed E-state index contributed by atoms with van der Waals surface area (Å²) >= 11 is 0. The molecule has 0 radical (unpaired) electrons. The van der Waals surface area contributed by atoms with Crippen LogP contribution in [0.3, 0.4) is 0 Å². The average Bonchev–Trinajstić information content (AvgIpc) is 2.83. The van der Waals surface area contributed by atoms with E-state index in [-0.39, 0.29) is 77.0 Å². The van der Waals surface area contributed by atoms with Crippen LogP contribution in [0.1, 0.15) is 77.0 Å². The number of carboxylic acids is 4. The van der Waals surface area contributed by atoms with Crippen molar-refractivity contribution < 1.29 is 77.7 Å². The van der Waals surface area contributed by atoms with Crippen LogP contribution in [0.4, 0.5) is 0 Å². The predicted octanol–water partition coefficient (Wildman–Crippen LogP) is 0.916. The Kier molecular flexibility index (Phi) is 18.5. The molecule has 0 aromatic carbocycles. The fraction of sp³-hybridized carbons (Fsp3) is 0.667. The Labute approximate surface area is 228 Å². The van der Waals surface area contributed by atoms with Crippen LogP contribution >= 0.6 is 0 Å². The van der Waals surface area contributed by atoms with Crippen molar-refractivity contribution in [3.8, 4) is 0 Å². The van der Waals surface area contributed by atoms with Crippen molar-refractivity contribution in [2.45, 2.75) is 89.3 Å². The fourth-order valence-electron chi connectivity index (χ4n) is 2.92. The third-order valence-corrected chi connectivity index (χ3v) is 4.88. The molecule has 16 nitrogen and oxygen atoms in total. The van der Waals surface area contributed by atoms with Gasteiger partial charge in [-0.25, -0.2) is 0 Å². The van der Waals surface area contributed by atoms with Crippen molar-refractivity contribution in [3.05, 3.63) is 0 Å². The summed E-state index contributed by atoms with van der Waals surface area (Å²) in [6, 6.07) is 0. The minimum Gasteiger partial charge on any atom is -0.481 e. The molecule has 0 fully saturated rings. The maximum atomic E-state index is 12.3. The highest BCUT2D eigenvalue weighted by Crippen LogP contribution is 2.14. The fourth-order valence-corrected chi connectivity index (χ4v) is 2.92. The molecule has 0 amide bonds. The van der Waals surface area contributed by atoms with Gasteiger partial charge in [0.2, 0.25) is 0 Å². The Morgan fingerprint density at radius 1 is 0.400 bits per heavy atom. The van der Waals surface area contributed by atoms with Gasteiger partial charge in [-0.2, -0.15) is 0 Å². The molecule has 226 valence electrons. The molecule has 0 aromatic heterocycles. The van der Waals surface area contributed by atoms with Gasteiger partial charge in [0.25, 0.3) is 0 Å². The van der Waals surface area contributed by atoms with Gasteiger partial charge in [0, 0.05) is 51.4 Å². The summed E-state index contributed by atoms with van der Waals surface area (Å²) in [4.78, 5) is 91.4. The van der Waals surface area contributed by atoms with E-state index in [0.29, 0.717) is 0 Å². The number of hydrogen-bond donors (Lipinski definition) is 4. The zero-order chi connectivity index (χ0) is 30.5. The number of esters is 4. The molecule has 0 unspecified atom stereocenters. The molecule has 0 saturated carbocycles. The minimum absolute atomic E-state index is 0.0518. The molecular weight excluding hydrogens is 544 g/mol. The Morgan fingerprint density at radius 3 is 0.900 bits per heavy atom. The Bertz CT molecular complexity index is 823. The molecule has 40 heavy (non-hydrogen) atoms. The molecule has 0 aromatic rings. The first-order valence-electron chi connectivity index (χ1n) is 12.4. The lowest BCUT2D eigenvalue weighted by Crippen LogP contribution is -2.42. The van der Waals surface area contributed by atoms with Crippen LogP contribution in [0.15, 0.2) is 0 Å². The van der Waals surface area contributed by atoms with Crippen molar-refractivity contribution in [1.82, 2.24) is 0 Å². The van der Waals surface area contributed by atoms with Crippen LogP contribution in [0.2, 0.25) is 0 Å². The van der Waals surface area contributed by atoms with Gasteiger partial charge in [0.05, 0.1) is 0 Å². The number of rotatable bonds is 23. The number of carboxylic acid groups (broad SMARTS) is 4. The highest BCUT2D eigenvalue weighted by atomic mass is 16.6. The van der Waals surface area contributed by atoms with Crippen molar-refractivity contribution in [2.24, 2.45) is 0 Å². The first kappa shape index (κ1) is 35.8. The quantitative estimate of drug-likeness (QED) is 0.0970. The van der Waals surface area contributed by atoms with Crippen molar-refractivity contribution in [1.29, 1.82) is 0 Å². The average molecular weight is 579 g/mol. The van der Waals surface area contributed by atoms with Gasteiger partial charge in [-0.3, -0.25) is 38.4 Å². The summed E-state index contributed by atoms with van der Waals surface area (Å²) in [7, 11) is 0. The Hall–Kier alpha value is -4.24. The third-order valence-electron chi connectivity index (χ3n) is 4.88. The van der Waals surface area contributed by atoms with Crippen LogP contribution in [0.5, 0.6) is 0 Å². The standard InChI is InChI=1S/C24H34O16/c25-17(26)5-1-9-21(33)37-13-15(39-23(35)11-3-7-19(29)30)16(40-24(36)12-4-8-20(31)32)14-38-22(34)10-2-6-18(27)28/h15-16H,1-14H2,(H,25,26)(H,27,28)(H,29,30)(H,31,32)/t15-,16+. The number of hydrogen-bond acceptors (Lipinski definition) is 12. The highest BCUT2D eigenvalue weighted by molar-refractivity contribution is 5.74. The van der Waals surface area contributed by atoms with Crippen LogP contribution in [-0.4, -0.2) is 93.6 Å². The molecule has 0 aliphatic rings. The Balaban J connectivity index is 5.55. The van der Waals surface area contributed by atoms with Crippen LogP contribution in [0.25, 0.3) is 0 Å². The lowest BCUT2D eigenvalue weighted by Gasteiger charge is -2.26. The second-order valence-electron chi connectivity index (χ2n) is 8.41. The molecule has 0 aliphatic heterocycles. The SMILES string of the molecule is O=C(O)CCCC(=O)OC[C@H](OC(=O)CCCC(=O)O)[C@@H](COC(=O)CCCC(=O)O)OC(=O)CCCC(=O)O. The van der Waals surface area contributed by atoms with Gasteiger partial charge < -0.3 is 39.4 Å². The van der Waals surface area contributed by atoms with Crippen LogP contribution in [0, 0.1) is 0 Å².